The second-order valence-corrected chi connectivity index (χ2v) is 6.27. The molecule has 3 rings (SSSR count). The van der Waals surface area contributed by atoms with Gasteiger partial charge in [-0.2, -0.15) is 0 Å². The summed E-state index contributed by atoms with van der Waals surface area (Å²) in [6, 6.07) is 18.3. The maximum Gasteiger partial charge on any atom is 0.261 e. The lowest BCUT2D eigenvalue weighted by atomic mass is 10.2. The summed E-state index contributed by atoms with van der Waals surface area (Å²) in [5, 5.41) is 0.611. The van der Waals surface area contributed by atoms with E-state index in [-0.39, 0.29) is 12.5 Å². The topological polar surface area (TPSA) is 51.9 Å². The van der Waals surface area contributed by atoms with Gasteiger partial charge in [0.05, 0.1) is 19.9 Å². The van der Waals surface area contributed by atoms with E-state index in [0.717, 1.165) is 5.56 Å². The van der Waals surface area contributed by atoms with E-state index in [1.807, 2.05) is 36.4 Å². The van der Waals surface area contributed by atoms with Gasteiger partial charge in [-0.15, -0.1) is 0 Å². The lowest BCUT2D eigenvalue weighted by Gasteiger charge is -2.22. The first-order valence-electron chi connectivity index (χ1n) is 8.46. The Morgan fingerprint density at radius 1 is 1.00 bits per heavy atom. The van der Waals surface area contributed by atoms with Crippen molar-refractivity contribution >= 4 is 17.5 Å². The van der Waals surface area contributed by atoms with E-state index in [1.54, 1.807) is 42.5 Å². The fourth-order valence-corrected chi connectivity index (χ4v) is 2.82. The number of halogens is 1. The Balaban J connectivity index is 1.73. The van der Waals surface area contributed by atoms with Crippen LogP contribution in [-0.2, 0) is 17.9 Å². The van der Waals surface area contributed by atoms with Crippen molar-refractivity contribution < 1.29 is 18.7 Å². The highest BCUT2D eigenvalue weighted by atomic mass is 35.5. The minimum absolute atomic E-state index is 0.120. The molecule has 0 atom stereocenters. The highest BCUT2D eigenvalue weighted by Crippen LogP contribution is 2.26. The fourth-order valence-electron chi connectivity index (χ4n) is 2.62. The van der Waals surface area contributed by atoms with Crippen LogP contribution in [-0.4, -0.2) is 24.5 Å². The van der Waals surface area contributed by atoms with Crippen LogP contribution in [0.3, 0.4) is 0 Å². The Morgan fingerprint density at radius 2 is 1.74 bits per heavy atom. The van der Waals surface area contributed by atoms with Crippen molar-refractivity contribution in [3.8, 4) is 11.5 Å². The Bertz CT molecular complexity index is 879. The van der Waals surface area contributed by atoms with Gasteiger partial charge in [0.15, 0.2) is 18.1 Å². The van der Waals surface area contributed by atoms with Crippen LogP contribution in [0.5, 0.6) is 11.5 Å². The molecule has 1 amide bonds. The van der Waals surface area contributed by atoms with Gasteiger partial charge in [0.1, 0.15) is 5.76 Å². The molecular weight excluding hydrogens is 366 g/mol. The molecule has 5 nitrogen and oxygen atoms in total. The third kappa shape index (κ3) is 5.05. The minimum Gasteiger partial charge on any atom is -0.493 e. The number of furan rings is 1. The van der Waals surface area contributed by atoms with Crippen LogP contribution in [0.1, 0.15) is 11.3 Å². The van der Waals surface area contributed by atoms with Crippen LogP contribution >= 0.6 is 11.6 Å². The number of ether oxygens (including phenoxy) is 2. The van der Waals surface area contributed by atoms with Crippen molar-refractivity contribution in [1.29, 1.82) is 0 Å². The van der Waals surface area contributed by atoms with Crippen molar-refractivity contribution in [2.24, 2.45) is 0 Å². The van der Waals surface area contributed by atoms with E-state index in [2.05, 4.69) is 0 Å². The van der Waals surface area contributed by atoms with Gasteiger partial charge in [-0.05, 0) is 35.9 Å². The molecule has 0 fully saturated rings. The number of nitrogens with zero attached hydrogens (tertiary/aromatic N) is 1. The number of hydrogen-bond donors (Lipinski definition) is 0. The van der Waals surface area contributed by atoms with Gasteiger partial charge >= 0.3 is 0 Å². The van der Waals surface area contributed by atoms with E-state index in [9.17, 15) is 4.79 Å². The number of amides is 1. The maximum atomic E-state index is 12.8. The molecule has 0 aliphatic carbocycles. The minimum atomic E-state index is -0.183. The average molecular weight is 386 g/mol. The number of carbonyl (C=O) groups is 1. The summed E-state index contributed by atoms with van der Waals surface area (Å²) in [5.74, 6) is 1.60. The Hall–Kier alpha value is -2.92. The van der Waals surface area contributed by atoms with Crippen LogP contribution in [0.4, 0.5) is 0 Å². The predicted octanol–water partition coefficient (Wildman–Crippen LogP) is 4.55. The summed E-state index contributed by atoms with van der Waals surface area (Å²) >= 11 is 6.26. The molecule has 6 heteroatoms. The maximum absolute atomic E-state index is 12.8. The molecule has 140 valence electrons. The van der Waals surface area contributed by atoms with Gasteiger partial charge in [-0.25, -0.2) is 0 Å². The molecule has 1 aromatic heterocycles. The van der Waals surface area contributed by atoms with Gasteiger partial charge in [0.25, 0.3) is 5.91 Å². The molecule has 0 saturated heterocycles. The molecule has 1 heterocycles. The van der Waals surface area contributed by atoms with Crippen molar-refractivity contribution in [1.82, 2.24) is 4.90 Å². The van der Waals surface area contributed by atoms with Gasteiger partial charge in [0.2, 0.25) is 0 Å². The van der Waals surface area contributed by atoms with Gasteiger partial charge in [-0.3, -0.25) is 4.79 Å². The lowest BCUT2D eigenvalue weighted by Crippen LogP contribution is -2.34. The number of para-hydroxylation sites is 2. The van der Waals surface area contributed by atoms with E-state index in [0.29, 0.717) is 35.4 Å². The first kappa shape index (κ1) is 18.9. The van der Waals surface area contributed by atoms with Crippen molar-refractivity contribution in [2.45, 2.75) is 13.1 Å². The summed E-state index contributed by atoms with van der Waals surface area (Å²) in [7, 11) is 1.56. The molecule has 27 heavy (non-hydrogen) atoms. The standard InChI is InChI=1S/C21H20ClNO4/c1-25-19-10-4-5-11-20(19)27-15-21(24)23(14-17-8-6-12-26-17)13-16-7-2-3-9-18(16)22/h2-12H,13-15H2,1H3. The second-order valence-electron chi connectivity index (χ2n) is 5.86. The SMILES string of the molecule is COc1ccccc1OCC(=O)N(Cc1ccco1)Cc1ccccc1Cl. The predicted molar refractivity (Wildman–Crippen MR) is 103 cm³/mol. The van der Waals surface area contributed by atoms with Gasteiger partial charge < -0.3 is 18.8 Å². The molecule has 0 bridgehead atoms. The average Bonchev–Trinajstić information content (AvgIpc) is 3.20. The first-order valence-corrected chi connectivity index (χ1v) is 8.84. The molecule has 2 aromatic carbocycles. The van der Waals surface area contributed by atoms with Crippen LogP contribution in [0.2, 0.25) is 5.02 Å². The summed E-state index contributed by atoms with van der Waals surface area (Å²) in [4.78, 5) is 14.5. The smallest absolute Gasteiger partial charge is 0.261 e. The third-order valence-corrected chi connectivity index (χ3v) is 4.39. The number of benzene rings is 2. The molecule has 0 aliphatic rings. The van der Waals surface area contributed by atoms with Crippen molar-refractivity contribution in [3.05, 3.63) is 83.3 Å². The molecule has 3 aromatic rings. The van der Waals surface area contributed by atoms with Crippen LogP contribution in [0.15, 0.2) is 71.3 Å². The van der Waals surface area contributed by atoms with E-state index < -0.39 is 0 Å². The first-order chi connectivity index (χ1) is 13.2. The summed E-state index contributed by atoms with van der Waals surface area (Å²) < 4.78 is 16.3. The van der Waals surface area contributed by atoms with E-state index >= 15 is 0 Å². The quantitative estimate of drug-likeness (QED) is 0.570. The highest BCUT2D eigenvalue weighted by Gasteiger charge is 2.18. The number of carbonyl (C=O) groups excluding carboxylic acids is 1. The molecular formula is C21H20ClNO4. The van der Waals surface area contributed by atoms with Gasteiger partial charge in [0, 0.05) is 11.6 Å². The summed E-state index contributed by atoms with van der Waals surface area (Å²) in [6.45, 7) is 0.562. The van der Waals surface area contributed by atoms with Crippen LogP contribution in [0, 0.1) is 0 Å². The van der Waals surface area contributed by atoms with Crippen LogP contribution < -0.4 is 9.47 Å². The highest BCUT2D eigenvalue weighted by molar-refractivity contribution is 6.31. The molecule has 0 spiro atoms. The molecule has 0 radical (unpaired) electrons. The normalized spacial score (nSPS) is 10.4. The fraction of sp³-hybridized carbons (Fsp3) is 0.190. The Labute approximate surface area is 163 Å². The van der Waals surface area contributed by atoms with E-state index in [1.165, 1.54) is 0 Å². The summed E-state index contributed by atoms with van der Waals surface area (Å²) in [6.07, 6.45) is 1.58. The Morgan fingerprint density at radius 3 is 2.44 bits per heavy atom. The van der Waals surface area contributed by atoms with Gasteiger partial charge in [-0.1, -0.05) is 41.9 Å². The molecule has 0 saturated carbocycles. The number of rotatable bonds is 8. The van der Waals surface area contributed by atoms with E-state index in [4.69, 9.17) is 25.5 Å². The number of hydrogen-bond acceptors (Lipinski definition) is 4. The van der Waals surface area contributed by atoms with Crippen molar-refractivity contribution in [2.75, 3.05) is 13.7 Å². The summed E-state index contributed by atoms with van der Waals surface area (Å²) in [5.41, 5.74) is 0.858. The lowest BCUT2D eigenvalue weighted by molar-refractivity contribution is -0.134. The van der Waals surface area contributed by atoms with Crippen LogP contribution in [0.25, 0.3) is 0 Å². The zero-order valence-corrected chi connectivity index (χ0v) is 15.7. The molecule has 0 aliphatic heterocycles. The zero-order valence-electron chi connectivity index (χ0n) is 14.9. The third-order valence-electron chi connectivity index (χ3n) is 4.02. The number of methoxy groups -OCH3 is 1. The van der Waals surface area contributed by atoms with Crippen molar-refractivity contribution in [3.63, 3.8) is 0 Å². The zero-order chi connectivity index (χ0) is 19.1. The Kier molecular flexibility index (Phi) is 6.39. The molecule has 0 unspecified atom stereocenters. The largest absolute Gasteiger partial charge is 0.493 e. The second kappa shape index (κ2) is 9.14. The molecule has 0 N–H and O–H groups in total. The monoisotopic (exact) mass is 385 g/mol.